The van der Waals surface area contributed by atoms with Gasteiger partial charge in [-0.3, -0.25) is 4.99 Å². The third-order valence-corrected chi connectivity index (χ3v) is 3.37. The number of hydrogen-bond donors (Lipinski definition) is 1. The molecule has 0 aromatic heterocycles. The Kier molecular flexibility index (Phi) is 5.16. The highest BCUT2D eigenvalue weighted by atomic mass is 32.2. The van der Waals surface area contributed by atoms with Gasteiger partial charge in [-0.2, -0.15) is 8.78 Å². The Hall–Kier alpha value is -2.08. The second-order valence-corrected chi connectivity index (χ2v) is 5.12. The van der Waals surface area contributed by atoms with Gasteiger partial charge in [0.2, 0.25) is 0 Å². The number of phenols is 1. The lowest BCUT2D eigenvalue weighted by atomic mass is 10.2. The lowest BCUT2D eigenvalue weighted by Gasteiger charge is -2.03. The molecule has 0 aliphatic rings. The van der Waals surface area contributed by atoms with E-state index in [4.69, 9.17) is 4.74 Å². The topological polar surface area (TPSA) is 41.8 Å². The summed E-state index contributed by atoms with van der Waals surface area (Å²) in [4.78, 5) is 4.68. The normalized spacial score (nSPS) is 11.2. The van der Waals surface area contributed by atoms with Gasteiger partial charge in [-0.15, -0.1) is 0 Å². The minimum atomic E-state index is -2.44. The van der Waals surface area contributed by atoms with Crippen LogP contribution in [0.15, 0.2) is 52.4 Å². The van der Waals surface area contributed by atoms with Crippen molar-refractivity contribution in [1.29, 1.82) is 0 Å². The predicted octanol–water partition coefficient (Wildman–Crippen LogP) is 4.47. The van der Waals surface area contributed by atoms with E-state index >= 15 is 0 Å². The van der Waals surface area contributed by atoms with E-state index < -0.39 is 5.76 Å². The highest BCUT2D eigenvalue weighted by Gasteiger charge is 2.04. The van der Waals surface area contributed by atoms with Crippen LogP contribution in [0.25, 0.3) is 0 Å². The van der Waals surface area contributed by atoms with Crippen LogP contribution < -0.4 is 4.74 Å². The van der Waals surface area contributed by atoms with Crippen LogP contribution in [0.4, 0.5) is 14.5 Å². The maximum Gasteiger partial charge on any atom is 0.288 e. The smallest absolute Gasteiger partial charge is 0.288 e. The molecule has 0 saturated heterocycles. The molecule has 3 nitrogen and oxygen atoms in total. The van der Waals surface area contributed by atoms with Crippen molar-refractivity contribution in [3.8, 4) is 11.5 Å². The summed E-state index contributed by atoms with van der Waals surface area (Å²) in [7, 11) is 1.53. The van der Waals surface area contributed by atoms with Gasteiger partial charge in [0.25, 0.3) is 5.76 Å². The summed E-state index contributed by atoms with van der Waals surface area (Å²) in [6.07, 6.45) is 1.49. The van der Waals surface area contributed by atoms with Crippen LogP contribution in [0, 0.1) is 0 Å². The van der Waals surface area contributed by atoms with Gasteiger partial charge in [0.15, 0.2) is 0 Å². The zero-order valence-corrected chi connectivity index (χ0v) is 12.0. The SMILES string of the molecule is COc1ccc(O)c(C=Nc2ccc(SC(F)F)cc2)c1. The van der Waals surface area contributed by atoms with Gasteiger partial charge in [-0.1, -0.05) is 11.8 Å². The maximum absolute atomic E-state index is 12.2. The molecule has 2 aromatic carbocycles. The predicted molar refractivity (Wildman–Crippen MR) is 80.2 cm³/mol. The van der Waals surface area contributed by atoms with Gasteiger partial charge in [-0.05, 0) is 42.5 Å². The van der Waals surface area contributed by atoms with Crippen LogP contribution in [-0.4, -0.2) is 24.2 Å². The lowest BCUT2D eigenvalue weighted by molar-refractivity contribution is 0.252. The molecule has 0 bridgehead atoms. The first kappa shape index (κ1) is 15.3. The highest BCUT2D eigenvalue weighted by molar-refractivity contribution is 7.99. The van der Waals surface area contributed by atoms with Gasteiger partial charge >= 0.3 is 0 Å². The average Bonchev–Trinajstić information content (AvgIpc) is 2.47. The Bertz CT molecular complexity index is 630. The van der Waals surface area contributed by atoms with Gasteiger partial charge in [0.05, 0.1) is 12.8 Å². The van der Waals surface area contributed by atoms with Crippen LogP contribution in [-0.2, 0) is 0 Å². The van der Waals surface area contributed by atoms with E-state index in [1.165, 1.54) is 19.4 Å². The Labute approximate surface area is 125 Å². The molecular weight excluding hydrogens is 296 g/mol. The number of alkyl halides is 2. The zero-order chi connectivity index (χ0) is 15.2. The number of halogens is 2. The van der Waals surface area contributed by atoms with Crippen molar-refractivity contribution in [2.75, 3.05) is 7.11 Å². The first-order valence-corrected chi connectivity index (χ1v) is 6.92. The molecular formula is C15H13F2NO2S. The molecule has 0 atom stereocenters. The molecule has 1 N–H and O–H groups in total. The Morgan fingerprint density at radius 2 is 1.90 bits per heavy atom. The van der Waals surface area contributed by atoms with Crippen LogP contribution in [0.2, 0.25) is 0 Å². The van der Waals surface area contributed by atoms with E-state index in [-0.39, 0.29) is 5.75 Å². The molecule has 6 heteroatoms. The number of benzene rings is 2. The van der Waals surface area contributed by atoms with Crippen molar-refractivity contribution < 1.29 is 18.6 Å². The van der Waals surface area contributed by atoms with Crippen LogP contribution >= 0.6 is 11.8 Å². The summed E-state index contributed by atoms with van der Waals surface area (Å²) in [6.45, 7) is 0. The highest BCUT2D eigenvalue weighted by Crippen LogP contribution is 2.27. The summed E-state index contributed by atoms with van der Waals surface area (Å²) in [6, 6.07) is 11.2. The number of hydrogen-bond acceptors (Lipinski definition) is 4. The third kappa shape index (κ3) is 4.46. The lowest BCUT2D eigenvalue weighted by Crippen LogP contribution is -1.87. The Balaban J connectivity index is 2.14. The molecule has 0 fully saturated rings. The second-order valence-electron chi connectivity index (χ2n) is 4.06. The van der Waals surface area contributed by atoms with Gasteiger partial charge < -0.3 is 9.84 Å². The first-order chi connectivity index (χ1) is 10.1. The van der Waals surface area contributed by atoms with E-state index in [0.717, 1.165) is 0 Å². The molecule has 0 heterocycles. The first-order valence-electron chi connectivity index (χ1n) is 6.04. The summed E-state index contributed by atoms with van der Waals surface area (Å²) in [5, 5.41) is 9.72. The van der Waals surface area contributed by atoms with Gasteiger partial charge in [-0.25, -0.2) is 0 Å². The minimum absolute atomic E-state index is 0.0874. The van der Waals surface area contributed by atoms with Gasteiger partial charge in [0, 0.05) is 16.7 Å². The molecule has 0 aliphatic heterocycles. The number of thioether (sulfide) groups is 1. The van der Waals surface area contributed by atoms with E-state index in [1.807, 2.05) is 0 Å². The zero-order valence-electron chi connectivity index (χ0n) is 11.2. The van der Waals surface area contributed by atoms with E-state index in [1.54, 1.807) is 36.4 Å². The van der Waals surface area contributed by atoms with Crippen molar-refractivity contribution in [2.24, 2.45) is 4.99 Å². The van der Waals surface area contributed by atoms with Crippen LogP contribution in [0.3, 0.4) is 0 Å². The second kappa shape index (κ2) is 7.08. The Morgan fingerprint density at radius 3 is 2.52 bits per heavy atom. The molecule has 0 radical (unpaired) electrons. The summed E-state index contributed by atoms with van der Waals surface area (Å²) < 4.78 is 29.5. The van der Waals surface area contributed by atoms with Crippen molar-refractivity contribution in [1.82, 2.24) is 0 Å². The van der Waals surface area contributed by atoms with Crippen LogP contribution in [0.1, 0.15) is 5.56 Å². The number of nitrogens with zero attached hydrogens (tertiary/aromatic N) is 1. The van der Waals surface area contributed by atoms with Crippen molar-refractivity contribution in [2.45, 2.75) is 10.7 Å². The number of ether oxygens (including phenoxy) is 1. The van der Waals surface area contributed by atoms with Crippen molar-refractivity contribution in [3.05, 3.63) is 48.0 Å². The van der Waals surface area contributed by atoms with Crippen molar-refractivity contribution >= 4 is 23.7 Å². The fourth-order valence-electron chi connectivity index (χ4n) is 1.62. The summed E-state index contributed by atoms with van der Waals surface area (Å²) in [5.74, 6) is -1.74. The number of methoxy groups -OCH3 is 1. The summed E-state index contributed by atoms with van der Waals surface area (Å²) in [5.41, 5.74) is 1.12. The van der Waals surface area contributed by atoms with E-state index in [2.05, 4.69) is 4.99 Å². The molecule has 0 amide bonds. The van der Waals surface area contributed by atoms with Crippen LogP contribution in [0.5, 0.6) is 11.5 Å². The number of aliphatic imine (C=N–C) groups is 1. The number of phenolic OH excluding ortho intramolecular Hbond substituents is 1. The minimum Gasteiger partial charge on any atom is -0.507 e. The average molecular weight is 309 g/mol. The summed E-state index contributed by atoms with van der Waals surface area (Å²) >= 11 is 0.487. The third-order valence-electron chi connectivity index (χ3n) is 2.65. The molecule has 2 rings (SSSR count). The molecule has 0 saturated carbocycles. The number of aromatic hydroxyl groups is 1. The number of rotatable bonds is 5. The molecule has 0 spiro atoms. The maximum atomic E-state index is 12.2. The largest absolute Gasteiger partial charge is 0.507 e. The monoisotopic (exact) mass is 309 g/mol. The standard InChI is InChI=1S/C15H13F2NO2S/c1-20-12-4-7-14(19)10(8-12)9-18-11-2-5-13(6-3-11)21-15(16)17/h2-9,15,19H,1H3. The van der Waals surface area contributed by atoms with Crippen molar-refractivity contribution in [3.63, 3.8) is 0 Å². The molecule has 110 valence electrons. The Morgan fingerprint density at radius 1 is 1.19 bits per heavy atom. The molecule has 0 unspecified atom stereocenters. The fourth-order valence-corrected chi connectivity index (χ4v) is 2.12. The molecule has 2 aromatic rings. The fraction of sp³-hybridized carbons (Fsp3) is 0.133. The quantitative estimate of drug-likeness (QED) is 0.654. The molecule has 21 heavy (non-hydrogen) atoms. The molecule has 0 aliphatic carbocycles. The van der Waals surface area contributed by atoms with E-state index in [0.29, 0.717) is 33.7 Å². The van der Waals surface area contributed by atoms with Gasteiger partial charge in [0.1, 0.15) is 11.5 Å². The van der Waals surface area contributed by atoms with E-state index in [9.17, 15) is 13.9 Å².